The van der Waals surface area contributed by atoms with Crippen molar-refractivity contribution in [1.82, 2.24) is 0 Å². The molecule has 0 heterocycles. The molecule has 0 radical (unpaired) electrons. The number of benzene rings is 1. The molecule has 0 saturated heterocycles. The number of halogens is 1. The van der Waals surface area contributed by atoms with Crippen LogP contribution < -0.4 is 0 Å². The Morgan fingerprint density at radius 1 is 1.31 bits per heavy atom. The summed E-state index contributed by atoms with van der Waals surface area (Å²) in [5.41, 5.74) is 2.24. The molecule has 1 aromatic carbocycles. The standard InChI is InChI=1S/C14H19FO/c1-11-8-13(15)5-4-12(11)9-14(10-16)6-2-3-7-14/h4-5,8,16H,2-3,6-7,9-10H2,1H3. The fourth-order valence-electron chi connectivity index (χ4n) is 2.78. The molecule has 1 fully saturated rings. The van der Waals surface area contributed by atoms with Crippen molar-refractivity contribution in [2.75, 3.05) is 6.61 Å². The third kappa shape index (κ3) is 2.27. The topological polar surface area (TPSA) is 20.2 Å². The SMILES string of the molecule is Cc1cc(F)ccc1CC1(CO)CCCC1. The van der Waals surface area contributed by atoms with Gasteiger partial charge in [0.15, 0.2) is 0 Å². The van der Waals surface area contributed by atoms with Crippen LogP contribution in [0.2, 0.25) is 0 Å². The van der Waals surface area contributed by atoms with Crippen LogP contribution in [0.25, 0.3) is 0 Å². The van der Waals surface area contributed by atoms with Crippen molar-refractivity contribution in [3.05, 3.63) is 35.1 Å². The molecule has 1 aromatic rings. The van der Waals surface area contributed by atoms with E-state index in [-0.39, 0.29) is 17.8 Å². The molecule has 1 saturated carbocycles. The lowest BCUT2D eigenvalue weighted by molar-refractivity contribution is 0.130. The molecule has 2 heteroatoms. The summed E-state index contributed by atoms with van der Waals surface area (Å²) in [6.07, 6.45) is 5.50. The number of aliphatic hydroxyl groups excluding tert-OH is 1. The molecule has 2 rings (SSSR count). The Hall–Kier alpha value is -0.890. The highest BCUT2D eigenvalue weighted by Crippen LogP contribution is 2.40. The van der Waals surface area contributed by atoms with Crippen LogP contribution in [0.5, 0.6) is 0 Å². The van der Waals surface area contributed by atoms with Crippen LogP contribution in [0.4, 0.5) is 4.39 Å². The fraction of sp³-hybridized carbons (Fsp3) is 0.571. The summed E-state index contributed by atoms with van der Waals surface area (Å²) >= 11 is 0. The molecular formula is C14H19FO. The van der Waals surface area contributed by atoms with Crippen LogP contribution in [0, 0.1) is 18.2 Å². The minimum Gasteiger partial charge on any atom is -0.396 e. The summed E-state index contributed by atoms with van der Waals surface area (Å²) in [6, 6.07) is 4.96. The van der Waals surface area contributed by atoms with Gasteiger partial charge < -0.3 is 5.11 Å². The van der Waals surface area contributed by atoms with E-state index in [9.17, 15) is 9.50 Å². The van der Waals surface area contributed by atoms with Crippen molar-refractivity contribution < 1.29 is 9.50 Å². The molecule has 0 unspecified atom stereocenters. The molecule has 0 amide bonds. The van der Waals surface area contributed by atoms with E-state index in [0.717, 1.165) is 24.8 Å². The molecule has 1 nitrogen and oxygen atoms in total. The molecule has 0 bridgehead atoms. The van der Waals surface area contributed by atoms with Gasteiger partial charge in [0.05, 0.1) is 0 Å². The number of aliphatic hydroxyl groups is 1. The Kier molecular flexibility index (Phi) is 3.29. The maximum Gasteiger partial charge on any atom is 0.123 e. The van der Waals surface area contributed by atoms with Gasteiger partial charge in [0.2, 0.25) is 0 Å². The lowest BCUT2D eigenvalue weighted by Gasteiger charge is -2.27. The molecule has 0 atom stereocenters. The number of hydrogen-bond acceptors (Lipinski definition) is 1. The van der Waals surface area contributed by atoms with Crippen LogP contribution in [-0.2, 0) is 6.42 Å². The average molecular weight is 222 g/mol. The molecule has 1 aliphatic carbocycles. The van der Waals surface area contributed by atoms with Gasteiger partial charge in [-0.1, -0.05) is 18.9 Å². The first-order valence-corrected chi connectivity index (χ1v) is 6.01. The zero-order valence-electron chi connectivity index (χ0n) is 9.80. The van der Waals surface area contributed by atoms with Crippen molar-refractivity contribution in [3.63, 3.8) is 0 Å². The highest BCUT2D eigenvalue weighted by Gasteiger charge is 2.33. The van der Waals surface area contributed by atoms with E-state index < -0.39 is 0 Å². The highest BCUT2D eigenvalue weighted by atomic mass is 19.1. The van der Waals surface area contributed by atoms with Gasteiger partial charge in [-0.2, -0.15) is 0 Å². The second-order valence-electron chi connectivity index (χ2n) is 5.11. The van der Waals surface area contributed by atoms with Gasteiger partial charge in [-0.25, -0.2) is 4.39 Å². The minimum absolute atomic E-state index is 0.0581. The summed E-state index contributed by atoms with van der Waals surface area (Å²) < 4.78 is 13.0. The Morgan fingerprint density at radius 3 is 2.56 bits per heavy atom. The second kappa shape index (κ2) is 4.54. The van der Waals surface area contributed by atoms with E-state index >= 15 is 0 Å². The van der Waals surface area contributed by atoms with Crippen molar-refractivity contribution in [2.24, 2.45) is 5.41 Å². The molecule has 0 spiro atoms. The Morgan fingerprint density at radius 2 is 2.00 bits per heavy atom. The van der Waals surface area contributed by atoms with Crippen molar-refractivity contribution in [2.45, 2.75) is 39.0 Å². The zero-order valence-corrected chi connectivity index (χ0v) is 9.80. The lowest BCUT2D eigenvalue weighted by atomic mass is 9.80. The van der Waals surface area contributed by atoms with Crippen LogP contribution in [-0.4, -0.2) is 11.7 Å². The first-order chi connectivity index (χ1) is 7.65. The third-order valence-electron chi connectivity index (χ3n) is 3.87. The first kappa shape index (κ1) is 11.6. The van der Waals surface area contributed by atoms with Gasteiger partial charge in [-0.3, -0.25) is 0 Å². The predicted molar refractivity (Wildman–Crippen MR) is 62.8 cm³/mol. The first-order valence-electron chi connectivity index (χ1n) is 6.01. The van der Waals surface area contributed by atoms with E-state index in [2.05, 4.69) is 0 Å². The fourth-order valence-corrected chi connectivity index (χ4v) is 2.78. The summed E-state index contributed by atoms with van der Waals surface area (Å²) in [5, 5.41) is 9.55. The number of rotatable bonds is 3. The highest BCUT2D eigenvalue weighted by molar-refractivity contribution is 5.27. The number of hydrogen-bond donors (Lipinski definition) is 1. The van der Waals surface area contributed by atoms with Crippen molar-refractivity contribution in [3.8, 4) is 0 Å². The smallest absolute Gasteiger partial charge is 0.123 e. The van der Waals surface area contributed by atoms with Crippen LogP contribution in [0.1, 0.15) is 36.8 Å². The Labute approximate surface area is 96.3 Å². The van der Waals surface area contributed by atoms with E-state index in [4.69, 9.17) is 0 Å². The zero-order chi connectivity index (χ0) is 11.6. The summed E-state index contributed by atoms with van der Waals surface area (Å²) in [5.74, 6) is -0.175. The molecule has 0 aromatic heterocycles. The Balaban J connectivity index is 2.19. The lowest BCUT2D eigenvalue weighted by Crippen LogP contribution is -2.24. The van der Waals surface area contributed by atoms with Crippen LogP contribution in [0.15, 0.2) is 18.2 Å². The normalized spacial score (nSPS) is 18.9. The van der Waals surface area contributed by atoms with Gasteiger partial charge in [0.25, 0.3) is 0 Å². The molecule has 1 N–H and O–H groups in total. The summed E-state index contributed by atoms with van der Waals surface area (Å²) in [7, 11) is 0. The van der Waals surface area contributed by atoms with Crippen LogP contribution >= 0.6 is 0 Å². The van der Waals surface area contributed by atoms with Gasteiger partial charge >= 0.3 is 0 Å². The average Bonchev–Trinajstić information content (AvgIpc) is 2.72. The second-order valence-corrected chi connectivity index (χ2v) is 5.11. The molecular weight excluding hydrogens is 203 g/mol. The number of aryl methyl sites for hydroxylation is 1. The molecule has 88 valence electrons. The maximum atomic E-state index is 13.0. The maximum absolute atomic E-state index is 13.0. The van der Waals surface area contributed by atoms with E-state index in [1.54, 1.807) is 6.07 Å². The van der Waals surface area contributed by atoms with Crippen molar-refractivity contribution >= 4 is 0 Å². The Bertz CT molecular complexity index is 367. The van der Waals surface area contributed by atoms with Gasteiger partial charge in [0, 0.05) is 6.61 Å². The predicted octanol–water partition coefficient (Wildman–Crippen LogP) is 3.23. The van der Waals surface area contributed by atoms with Gasteiger partial charge in [0.1, 0.15) is 5.82 Å². The summed E-state index contributed by atoms with van der Waals surface area (Å²) in [4.78, 5) is 0. The minimum atomic E-state index is -0.175. The van der Waals surface area contributed by atoms with Crippen molar-refractivity contribution in [1.29, 1.82) is 0 Å². The van der Waals surface area contributed by atoms with E-state index in [1.165, 1.54) is 24.5 Å². The quantitative estimate of drug-likeness (QED) is 0.832. The van der Waals surface area contributed by atoms with Gasteiger partial charge in [-0.15, -0.1) is 0 Å². The van der Waals surface area contributed by atoms with Crippen LogP contribution in [0.3, 0.4) is 0 Å². The largest absolute Gasteiger partial charge is 0.396 e. The monoisotopic (exact) mass is 222 g/mol. The molecule has 16 heavy (non-hydrogen) atoms. The molecule has 1 aliphatic rings. The molecule has 0 aliphatic heterocycles. The summed E-state index contributed by atoms with van der Waals surface area (Å²) in [6.45, 7) is 2.20. The third-order valence-corrected chi connectivity index (χ3v) is 3.87. The van der Waals surface area contributed by atoms with E-state index in [1.807, 2.05) is 13.0 Å². The van der Waals surface area contributed by atoms with E-state index in [0.29, 0.717) is 0 Å². The van der Waals surface area contributed by atoms with Gasteiger partial charge in [-0.05, 0) is 54.9 Å².